The molecule has 3 rings (SSSR count). The summed E-state index contributed by atoms with van der Waals surface area (Å²) in [4.78, 5) is 23.4. The van der Waals surface area contributed by atoms with E-state index >= 15 is 0 Å². The molecule has 144 valence electrons. The largest absolute Gasteiger partial charge is 0.357 e. The van der Waals surface area contributed by atoms with Crippen LogP contribution in [0.25, 0.3) is 0 Å². The van der Waals surface area contributed by atoms with Crippen molar-refractivity contribution in [1.82, 2.24) is 14.8 Å². The lowest BCUT2D eigenvalue weighted by molar-refractivity contribution is 0.0785. The van der Waals surface area contributed by atoms with Crippen LogP contribution in [0.2, 0.25) is 5.15 Å². The van der Waals surface area contributed by atoms with Gasteiger partial charge in [-0.1, -0.05) is 11.6 Å². The molecule has 0 atom stereocenters. The fourth-order valence-electron chi connectivity index (χ4n) is 3.72. The van der Waals surface area contributed by atoms with Crippen LogP contribution in [0.1, 0.15) is 48.9 Å². The van der Waals surface area contributed by atoms with E-state index in [-0.39, 0.29) is 5.91 Å². The summed E-state index contributed by atoms with van der Waals surface area (Å²) < 4.78 is 0. The number of hydrogen-bond donors (Lipinski definition) is 0. The van der Waals surface area contributed by atoms with Crippen molar-refractivity contribution in [2.45, 2.75) is 44.6 Å². The highest BCUT2D eigenvalue weighted by Gasteiger charge is 2.31. The van der Waals surface area contributed by atoms with Crippen LogP contribution in [-0.4, -0.2) is 67.5 Å². The summed E-state index contributed by atoms with van der Waals surface area (Å²) in [5, 5.41) is 0.327. The number of nitrogens with zero attached hydrogens (tertiary/aromatic N) is 4. The molecular formula is C20H31ClN4O. The number of pyridine rings is 1. The number of piperidine rings is 1. The maximum absolute atomic E-state index is 12.5. The lowest BCUT2D eigenvalue weighted by Gasteiger charge is -2.33. The number of anilines is 1. The van der Waals surface area contributed by atoms with Crippen molar-refractivity contribution in [3.63, 3.8) is 0 Å². The van der Waals surface area contributed by atoms with E-state index in [0.717, 1.165) is 37.7 Å². The highest BCUT2D eigenvalue weighted by Crippen LogP contribution is 2.30. The molecule has 0 N–H and O–H groups in total. The third kappa shape index (κ3) is 4.89. The minimum atomic E-state index is -0.0175. The Bertz CT molecular complexity index is 624. The molecule has 2 heterocycles. The van der Waals surface area contributed by atoms with E-state index in [0.29, 0.717) is 16.8 Å². The van der Waals surface area contributed by atoms with Gasteiger partial charge in [0.25, 0.3) is 5.91 Å². The molecule has 1 saturated heterocycles. The van der Waals surface area contributed by atoms with Gasteiger partial charge >= 0.3 is 0 Å². The zero-order valence-electron chi connectivity index (χ0n) is 16.2. The second-order valence-electron chi connectivity index (χ2n) is 8.03. The van der Waals surface area contributed by atoms with Gasteiger partial charge in [0.15, 0.2) is 0 Å². The van der Waals surface area contributed by atoms with E-state index in [1.165, 1.54) is 32.2 Å². The third-order valence-corrected chi connectivity index (χ3v) is 5.92. The normalized spacial score (nSPS) is 18.4. The standard InChI is InChI=1S/C20H31ClN4O/c1-23(2)12-4-5-15-10-13-25(14-11-15)18-9-8-17(19(21)22-18)20(26)24(3)16-6-7-16/h8-9,15-16H,4-7,10-14H2,1-3H3. The summed E-state index contributed by atoms with van der Waals surface area (Å²) >= 11 is 6.35. The summed E-state index contributed by atoms with van der Waals surface area (Å²) in [5.74, 6) is 1.69. The smallest absolute Gasteiger partial charge is 0.256 e. The Hall–Kier alpha value is -1.33. The second-order valence-corrected chi connectivity index (χ2v) is 8.39. The molecule has 1 aliphatic heterocycles. The van der Waals surface area contributed by atoms with Crippen LogP contribution in [0.15, 0.2) is 12.1 Å². The highest BCUT2D eigenvalue weighted by molar-refractivity contribution is 6.32. The van der Waals surface area contributed by atoms with E-state index in [4.69, 9.17) is 11.6 Å². The van der Waals surface area contributed by atoms with Crippen molar-refractivity contribution in [1.29, 1.82) is 0 Å². The molecule has 1 aromatic rings. The van der Waals surface area contributed by atoms with Gasteiger partial charge < -0.3 is 14.7 Å². The molecule has 0 bridgehead atoms. The molecule has 1 saturated carbocycles. The molecule has 1 aromatic heterocycles. The number of aromatic nitrogens is 1. The van der Waals surface area contributed by atoms with Crippen LogP contribution in [0.4, 0.5) is 5.82 Å². The van der Waals surface area contributed by atoms with Crippen LogP contribution < -0.4 is 4.90 Å². The van der Waals surface area contributed by atoms with Gasteiger partial charge in [-0.05, 0) is 77.2 Å². The van der Waals surface area contributed by atoms with Gasteiger partial charge in [0.1, 0.15) is 11.0 Å². The summed E-state index contributed by atoms with van der Waals surface area (Å²) in [7, 11) is 6.12. The molecule has 2 fully saturated rings. The number of rotatable bonds is 7. The van der Waals surface area contributed by atoms with Crippen LogP contribution in [0, 0.1) is 5.92 Å². The molecule has 0 aromatic carbocycles. The van der Waals surface area contributed by atoms with Gasteiger partial charge in [-0.25, -0.2) is 4.98 Å². The number of amides is 1. The molecule has 0 unspecified atom stereocenters. The topological polar surface area (TPSA) is 39.7 Å². The van der Waals surface area contributed by atoms with Gasteiger partial charge in [0, 0.05) is 26.2 Å². The Balaban J connectivity index is 1.54. The fraction of sp³-hybridized carbons (Fsp3) is 0.700. The Labute approximate surface area is 162 Å². The Morgan fingerprint density at radius 3 is 2.46 bits per heavy atom. The number of carbonyl (C=O) groups excluding carboxylic acids is 1. The molecule has 0 radical (unpaired) electrons. The van der Waals surface area contributed by atoms with Crippen LogP contribution in [0.5, 0.6) is 0 Å². The predicted octanol–water partition coefficient (Wildman–Crippen LogP) is 3.53. The van der Waals surface area contributed by atoms with Crippen LogP contribution in [-0.2, 0) is 0 Å². The lowest BCUT2D eigenvalue weighted by atomic mass is 9.92. The molecular weight excluding hydrogens is 348 g/mol. The van der Waals surface area contributed by atoms with E-state index in [2.05, 4.69) is 28.9 Å². The van der Waals surface area contributed by atoms with E-state index in [1.54, 1.807) is 4.90 Å². The van der Waals surface area contributed by atoms with Crippen molar-refractivity contribution in [2.24, 2.45) is 5.92 Å². The summed E-state index contributed by atoms with van der Waals surface area (Å²) in [6.45, 7) is 3.21. The molecule has 0 spiro atoms. The average Bonchev–Trinajstić information content (AvgIpc) is 3.46. The maximum Gasteiger partial charge on any atom is 0.256 e. The fourth-order valence-corrected chi connectivity index (χ4v) is 3.96. The first kappa shape index (κ1) is 19.4. The van der Waals surface area contributed by atoms with Gasteiger partial charge in [-0.2, -0.15) is 0 Å². The van der Waals surface area contributed by atoms with Crippen LogP contribution in [0.3, 0.4) is 0 Å². The van der Waals surface area contributed by atoms with E-state index in [1.807, 2.05) is 19.2 Å². The van der Waals surface area contributed by atoms with Gasteiger partial charge in [-0.3, -0.25) is 4.79 Å². The second kappa shape index (κ2) is 8.57. The van der Waals surface area contributed by atoms with Gasteiger partial charge in [0.2, 0.25) is 0 Å². The van der Waals surface area contributed by atoms with Crippen molar-refractivity contribution in [2.75, 3.05) is 45.7 Å². The summed E-state index contributed by atoms with van der Waals surface area (Å²) in [5.41, 5.74) is 0.517. The molecule has 5 nitrogen and oxygen atoms in total. The minimum Gasteiger partial charge on any atom is -0.357 e. The minimum absolute atomic E-state index is 0.0175. The van der Waals surface area contributed by atoms with Crippen molar-refractivity contribution < 1.29 is 4.79 Å². The molecule has 2 aliphatic rings. The Morgan fingerprint density at radius 2 is 1.88 bits per heavy atom. The predicted molar refractivity (Wildman–Crippen MR) is 107 cm³/mol. The Morgan fingerprint density at radius 1 is 1.19 bits per heavy atom. The molecule has 1 aliphatic carbocycles. The first-order valence-electron chi connectivity index (χ1n) is 9.79. The van der Waals surface area contributed by atoms with Crippen molar-refractivity contribution in [3.8, 4) is 0 Å². The summed E-state index contributed by atoms with van der Waals surface area (Å²) in [6, 6.07) is 4.17. The van der Waals surface area contributed by atoms with Gasteiger partial charge in [0.05, 0.1) is 5.56 Å². The quantitative estimate of drug-likeness (QED) is 0.680. The maximum atomic E-state index is 12.5. The Kier molecular flexibility index (Phi) is 6.41. The van der Waals surface area contributed by atoms with E-state index < -0.39 is 0 Å². The van der Waals surface area contributed by atoms with Crippen molar-refractivity contribution in [3.05, 3.63) is 22.8 Å². The van der Waals surface area contributed by atoms with Gasteiger partial charge in [-0.15, -0.1) is 0 Å². The molecule has 26 heavy (non-hydrogen) atoms. The first-order valence-corrected chi connectivity index (χ1v) is 10.2. The summed E-state index contributed by atoms with van der Waals surface area (Å²) in [6.07, 6.45) is 7.17. The first-order chi connectivity index (χ1) is 12.5. The SMILES string of the molecule is CN(C)CCCC1CCN(c2ccc(C(=O)N(C)C3CC3)c(Cl)n2)CC1. The van der Waals surface area contributed by atoms with Crippen molar-refractivity contribution >= 4 is 23.3 Å². The monoisotopic (exact) mass is 378 g/mol. The zero-order chi connectivity index (χ0) is 18.7. The molecule has 6 heteroatoms. The van der Waals surface area contributed by atoms with E-state index in [9.17, 15) is 4.79 Å². The third-order valence-electron chi connectivity index (χ3n) is 5.64. The number of hydrogen-bond acceptors (Lipinski definition) is 4. The highest BCUT2D eigenvalue weighted by atomic mass is 35.5. The molecule has 1 amide bonds. The lowest BCUT2D eigenvalue weighted by Crippen LogP contribution is -2.34. The average molecular weight is 379 g/mol. The van der Waals surface area contributed by atoms with Crippen LogP contribution >= 0.6 is 11.6 Å². The zero-order valence-corrected chi connectivity index (χ0v) is 17.0. The number of carbonyl (C=O) groups is 1. The number of halogens is 1.